The number of rotatable bonds is 5. The van der Waals surface area contributed by atoms with Crippen molar-refractivity contribution >= 4 is 39.1 Å². The van der Waals surface area contributed by atoms with E-state index in [1.54, 1.807) is 19.1 Å². The van der Waals surface area contributed by atoms with Gasteiger partial charge in [-0.15, -0.1) is 11.8 Å². The van der Waals surface area contributed by atoms with Crippen molar-refractivity contribution in [1.82, 2.24) is 9.80 Å². The molecule has 3 aliphatic rings. The van der Waals surface area contributed by atoms with E-state index >= 15 is 0 Å². The summed E-state index contributed by atoms with van der Waals surface area (Å²) in [6.07, 6.45) is 5.77. The van der Waals surface area contributed by atoms with Gasteiger partial charge in [0.15, 0.2) is 9.84 Å². The van der Waals surface area contributed by atoms with Gasteiger partial charge in [-0.2, -0.15) is 0 Å². The molecule has 1 aromatic rings. The van der Waals surface area contributed by atoms with Crippen LogP contribution < -0.4 is 5.32 Å². The molecule has 0 spiro atoms. The minimum absolute atomic E-state index is 0.0821. The third-order valence-electron chi connectivity index (χ3n) is 6.82. The summed E-state index contributed by atoms with van der Waals surface area (Å²) in [5, 5.41) is 2.57. The van der Waals surface area contributed by atoms with E-state index in [9.17, 15) is 18.0 Å². The molecular weight excluding hydrogens is 446 g/mol. The van der Waals surface area contributed by atoms with Crippen molar-refractivity contribution in [3.8, 4) is 0 Å². The number of nitrogens with one attached hydrogen (secondary N) is 1. The number of carbonyl (C=O) groups is 2. The van der Waals surface area contributed by atoms with Crippen LogP contribution in [0.4, 0.5) is 5.69 Å². The topological polar surface area (TPSA) is 86.8 Å². The first kappa shape index (κ1) is 23.6. The normalized spacial score (nSPS) is 24.0. The minimum atomic E-state index is -3.65. The molecule has 0 aromatic heterocycles. The van der Waals surface area contributed by atoms with E-state index in [4.69, 9.17) is 0 Å². The molecule has 1 aromatic carbocycles. The standard InChI is InChI=1S/C23H33N3O4S2/c1-16(23(28)26-12-8-18(9-13-26)25-10-4-3-5-11-25)15-32(29,30)19-6-7-21-20(14-19)24-22(27)17(2)31-21/h6-7,14,16-18H,3-5,8-13,15H2,1-2H3,(H,24,27)/t16-,17-/m1/s1. The highest BCUT2D eigenvalue weighted by Gasteiger charge is 2.32. The van der Waals surface area contributed by atoms with Crippen LogP contribution in [0.3, 0.4) is 0 Å². The van der Waals surface area contributed by atoms with Gasteiger partial charge in [-0.3, -0.25) is 9.59 Å². The SMILES string of the molecule is C[C@H](CS(=O)(=O)c1ccc2c(c1)NC(=O)[C@@H](C)S2)C(=O)N1CCC(N2CCCCC2)CC1. The number of piperidine rings is 2. The van der Waals surface area contributed by atoms with Crippen LogP contribution in [-0.2, 0) is 19.4 Å². The number of amides is 2. The second-order valence-corrected chi connectivity index (χ2v) is 12.7. The molecule has 2 fully saturated rings. The number of nitrogens with zero attached hydrogens (tertiary/aromatic N) is 2. The highest BCUT2D eigenvalue weighted by atomic mass is 32.2. The zero-order chi connectivity index (χ0) is 22.9. The number of benzene rings is 1. The van der Waals surface area contributed by atoms with Gasteiger partial charge in [0.1, 0.15) is 0 Å². The lowest BCUT2D eigenvalue weighted by atomic mass is 9.99. The maximum Gasteiger partial charge on any atom is 0.237 e. The molecule has 2 atom stereocenters. The highest BCUT2D eigenvalue weighted by Crippen LogP contribution is 2.37. The molecule has 7 nitrogen and oxygen atoms in total. The number of hydrogen-bond acceptors (Lipinski definition) is 6. The first-order chi connectivity index (χ1) is 15.2. The minimum Gasteiger partial charge on any atom is -0.342 e. The van der Waals surface area contributed by atoms with E-state index in [1.807, 2.05) is 11.8 Å². The summed E-state index contributed by atoms with van der Waals surface area (Å²) >= 11 is 1.42. The molecule has 2 saturated heterocycles. The monoisotopic (exact) mass is 479 g/mol. The summed E-state index contributed by atoms with van der Waals surface area (Å²) in [6.45, 7) is 7.23. The Hall–Kier alpha value is -1.58. The van der Waals surface area contributed by atoms with Crippen molar-refractivity contribution in [2.45, 2.75) is 67.0 Å². The fraction of sp³-hybridized carbons (Fsp3) is 0.652. The molecule has 0 bridgehead atoms. The van der Waals surface area contributed by atoms with Gasteiger partial charge in [0.05, 0.1) is 21.6 Å². The molecule has 0 aliphatic carbocycles. The average Bonchev–Trinajstić information content (AvgIpc) is 2.79. The quantitative estimate of drug-likeness (QED) is 0.699. The van der Waals surface area contributed by atoms with Gasteiger partial charge in [-0.1, -0.05) is 13.3 Å². The van der Waals surface area contributed by atoms with Gasteiger partial charge < -0.3 is 15.1 Å². The fourth-order valence-corrected chi connectivity index (χ4v) is 7.42. The van der Waals surface area contributed by atoms with E-state index in [2.05, 4.69) is 10.2 Å². The molecule has 0 unspecified atom stereocenters. The lowest BCUT2D eigenvalue weighted by Gasteiger charge is -2.40. The lowest BCUT2D eigenvalue weighted by molar-refractivity contribution is -0.136. The molecule has 1 N–H and O–H groups in total. The summed E-state index contributed by atoms with van der Waals surface area (Å²) in [5.41, 5.74) is 0.526. The molecule has 0 radical (unpaired) electrons. The second-order valence-electron chi connectivity index (χ2n) is 9.24. The Balaban J connectivity index is 1.36. The van der Waals surface area contributed by atoms with Crippen LogP contribution >= 0.6 is 11.8 Å². The van der Waals surface area contributed by atoms with Crippen LogP contribution in [-0.4, -0.2) is 73.3 Å². The second kappa shape index (κ2) is 9.73. The molecule has 4 rings (SSSR count). The maximum absolute atomic E-state index is 13.0. The molecule has 2 amide bonds. The summed E-state index contributed by atoms with van der Waals surface area (Å²) in [5.74, 6) is -1.05. The van der Waals surface area contributed by atoms with Crippen molar-refractivity contribution in [2.75, 3.05) is 37.2 Å². The summed E-state index contributed by atoms with van der Waals surface area (Å²) in [4.78, 5) is 30.3. The van der Waals surface area contributed by atoms with Crippen molar-refractivity contribution in [2.24, 2.45) is 5.92 Å². The number of fused-ring (bicyclic) bond motifs is 1. The van der Waals surface area contributed by atoms with Crippen LogP contribution in [0, 0.1) is 5.92 Å². The van der Waals surface area contributed by atoms with E-state index < -0.39 is 15.8 Å². The number of hydrogen-bond donors (Lipinski definition) is 1. The third-order valence-corrected chi connectivity index (χ3v) is 9.90. The van der Waals surface area contributed by atoms with E-state index in [1.165, 1.54) is 37.1 Å². The molecule has 32 heavy (non-hydrogen) atoms. The largest absolute Gasteiger partial charge is 0.342 e. The third kappa shape index (κ3) is 5.15. The molecular formula is C23H33N3O4S2. The first-order valence-corrected chi connectivity index (χ1v) is 14.1. The van der Waals surface area contributed by atoms with Crippen LogP contribution in [0.5, 0.6) is 0 Å². The van der Waals surface area contributed by atoms with Crippen molar-refractivity contribution < 1.29 is 18.0 Å². The molecule has 0 saturated carbocycles. The number of anilines is 1. The van der Waals surface area contributed by atoms with Crippen LogP contribution in [0.1, 0.15) is 46.0 Å². The van der Waals surface area contributed by atoms with Crippen LogP contribution in [0.15, 0.2) is 28.0 Å². The Morgan fingerprint density at radius 2 is 1.84 bits per heavy atom. The molecule has 9 heteroatoms. The molecule has 176 valence electrons. The van der Waals surface area contributed by atoms with Gasteiger partial charge in [0.25, 0.3) is 0 Å². The zero-order valence-electron chi connectivity index (χ0n) is 18.9. The predicted molar refractivity (Wildman–Crippen MR) is 127 cm³/mol. The van der Waals surface area contributed by atoms with Crippen molar-refractivity contribution in [3.63, 3.8) is 0 Å². The Morgan fingerprint density at radius 3 is 2.53 bits per heavy atom. The lowest BCUT2D eigenvalue weighted by Crippen LogP contribution is -2.49. The van der Waals surface area contributed by atoms with E-state index in [0.29, 0.717) is 24.8 Å². The first-order valence-electron chi connectivity index (χ1n) is 11.6. The predicted octanol–water partition coefficient (Wildman–Crippen LogP) is 3.01. The summed E-state index contributed by atoms with van der Waals surface area (Å²) < 4.78 is 26.0. The van der Waals surface area contributed by atoms with Crippen LogP contribution in [0.2, 0.25) is 0 Å². The summed E-state index contributed by atoms with van der Waals surface area (Å²) in [6, 6.07) is 5.38. The van der Waals surface area contributed by atoms with Crippen molar-refractivity contribution in [3.05, 3.63) is 18.2 Å². The Kier molecular flexibility index (Phi) is 7.17. The van der Waals surface area contributed by atoms with Gasteiger partial charge in [-0.25, -0.2) is 8.42 Å². The smallest absolute Gasteiger partial charge is 0.237 e. The van der Waals surface area contributed by atoms with Gasteiger partial charge in [-0.05, 0) is 63.9 Å². The Bertz CT molecular complexity index is 967. The molecule has 3 heterocycles. The number of carbonyl (C=O) groups excluding carboxylic acids is 2. The van der Waals surface area contributed by atoms with Crippen LogP contribution in [0.25, 0.3) is 0 Å². The Labute approximate surface area is 195 Å². The number of sulfone groups is 1. The maximum atomic E-state index is 13.0. The fourth-order valence-electron chi connectivity index (χ4n) is 4.92. The van der Waals surface area contributed by atoms with Gasteiger partial charge in [0, 0.05) is 29.9 Å². The number of likely N-dealkylation sites (tertiary alicyclic amines) is 2. The Morgan fingerprint density at radius 1 is 1.16 bits per heavy atom. The average molecular weight is 480 g/mol. The summed E-state index contributed by atoms with van der Waals surface area (Å²) in [7, 11) is -3.65. The van der Waals surface area contributed by atoms with E-state index in [-0.39, 0.29) is 27.7 Å². The molecule has 3 aliphatic heterocycles. The van der Waals surface area contributed by atoms with E-state index in [0.717, 1.165) is 30.8 Å². The zero-order valence-corrected chi connectivity index (χ0v) is 20.5. The number of thioether (sulfide) groups is 1. The highest BCUT2D eigenvalue weighted by molar-refractivity contribution is 8.01. The van der Waals surface area contributed by atoms with Gasteiger partial charge in [0.2, 0.25) is 11.8 Å². The van der Waals surface area contributed by atoms with Gasteiger partial charge >= 0.3 is 0 Å². The van der Waals surface area contributed by atoms with Crippen molar-refractivity contribution in [1.29, 1.82) is 0 Å².